The van der Waals surface area contributed by atoms with E-state index in [2.05, 4.69) is 30.2 Å². The van der Waals surface area contributed by atoms with Crippen molar-refractivity contribution >= 4 is 23.1 Å². The highest BCUT2D eigenvalue weighted by Gasteiger charge is 2.16. The molecule has 0 amide bonds. The van der Waals surface area contributed by atoms with E-state index in [9.17, 15) is 10.1 Å². The predicted octanol–water partition coefficient (Wildman–Crippen LogP) is 2.82. The lowest BCUT2D eigenvalue weighted by Gasteiger charge is -2.26. The Morgan fingerprint density at radius 2 is 1.97 bits per heavy atom. The van der Waals surface area contributed by atoms with Gasteiger partial charge < -0.3 is 14.8 Å². The molecule has 2 aromatic heterocycles. The minimum Gasteiger partial charge on any atom is -0.489 e. The summed E-state index contributed by atoms with van der Waals surface area (Å²) in [5, 5.41) is 14.0. The van der Waals surface area contributed by atoms with E-state index in [0.29, 0.717) is 24.7 Å². The first-order valence-corrected chi connectivity index (χ1v) is 10.7. The Kier molecular flexibility index (Phi) is 7.55. The molecule has 0 radical (unpaired) electrons. The highest BCUT2D eigenvalue weighted by Crippen LogP contribution is 2.23. The maximum Gasteiger partial charge on any atom is 0.329 e. The summed E-state index contributed by atoms with van der Waals surface area (Å²) in [5.74, 6) is 1.21. The summed E-state index contributed by atoms with van der Waals surface area (Å²) in [6.45, 7) is 5.04. The van der Waals surface area contributed by atoms with Gasteiger partial charge in [0.15, 0.2) is 11.6 Å². The summed E-state index contributed by atoms with van der Waals surface area (Å²) in [6.07, 6.45) is 4.38. The molecule has 0 atom stereocenters. The largest absolute Gasteiger partial charge is 0.489 e. The lowest BCUT2D eigenvalue weighted by atomic mass is 10.1. The van der Waals surface area contributed by atoms with Crippen molar-refractivity contribution in [2.45, 2.75) is 6.54 Å². The fraction of sp³-hybridized carbons (Fsp3) is 0.333. The molecule has 0 bridgehead atoms. The third kappa shape index (κ3) is 6.31. The molecule has 1 aliphatic heterocycles. The highest BCUT2D eigenvalue weighted by atomic mass is 35.5. The molecule has 33 heavy (non-hydrogen) atoms. The van der Waals surface area contributed by atoms with Crippen LogP contribution >= 0.6 is 11.6 Å². The fourth-order valence-corrected chi connectivity index (χ4v) is 3.41. The molecule has 1 aromatic carbocycles. The van der Waals surface area contributed by atoms with E-state index in [1.165, 1.54) is 0 Å². The van der Waals surface area contributed by atoms with Crippen molar-refractivity contribution in [1.29, 1.82) is 0 Å². The first-order chi connectivity index (χ1) is 16.1. The molecule has 12 heteroatoms. The first-order valence-electron chi connectivity index (χ1n) is 10.3. The molecule has 3 aromatic rings. The monoisotopic (exact) mass is 471 g/mol. The molecule has 0 unspecified atom stereocenters. The second kappa shape index (κ2) is 10.9. The number of halogens is 1. The van der Waals surface area contributed by atoms with Crippen LogP contribution in [0.2, 0.25) is 5.28 Å². The highest BCUT2D eigenvalue weighted by molar-refractivity contribution is 6.28. The van der Waals surface area contributed by atoms with Crippen LogP contribution in [0.3, 0.4) is 0 Å². The smallest absolute Gasteiger partial charge is 0.329 e. The average molecular weight is 472 g/mol. The molecule has 11 nitrogen and oxygen atoms in total. The molecule has 0 saturated carbocycles. The summed E-state index contributed by atoms with van der Waals surface area (Å²) >= 11 is 5.77. The number of morpholine rings is 1. The SMILES string of the molecule is O=[N+]([O-])c1cnc(Cl)nc1NCc1cccc(-c2ncc(OCCN3CCOCC3)cn2)c1. The number of nitro groups is 1. The van der Waals surface area contributed by atoms with Crippen molar-refractivity contribution in [3.05, 3.63) is 63.8 Å². The van der Waals surface area contributed by atoms with E-state index in [0.717, 1.165) is 50.2 Å². The second-order valence-electron chi connectivity index (χ2n) is 7.23. The van der Waals surface area contributed by atoms with Crippen molar-refractivity contribution in [3.8, 4) is 17.1 Å². The van der Waals surface area contributed by atoms with Gasteiger partial charge in [-0.15, -0.1) is 0 Å². The van der Waals surface area contributed by atoms with Crippen LogP contribution in [0.15, 0.2) is 42.9 Å². The number of benzene rings is 1. The van der Waals surface area contributed by atoms with Crippen LogP contribution < -0.4 is 10.1 Å². The molecule has 1 saturated heterocycles. The topological polar surface area (TPSA) is 128 Å². The number of rotatable bonds is 9. The van der Waals surface area contributed by atoms with Gasteiger partial charge in [0, 0.05) is 31.7 Å². The summed E-state index contributed by atoms with van der Waals surface area (Å²) in [6, 6.07) is 7.54. The Labute approximate surface area is 194 Å². The Hall–Kier alpha value is -3.41. The van der Waals surface area contributed by atoms with Gasteiger partial charge in [0.1, 0.15) is 12.8 Å². The number of ether oxygens (including phenoxy) is 2. The summed E-state index contributed by atoms with van der Waals surface area (Å²) in [4.78, 5) is 29.3. The molecule has 1 aliphatic rings. The normalized spacial score (nSPS) is 14.1. The first kappa shape index (κ1) is 22.8. The number of nitrogens with one attached hydrogen (secondary N) is 1. The Morgan fingerprint density at radius 3 is 2.73 bits per heavy atom. The minimum atomic E-state index is -0.562. The zero-order valence-corrected chi connectivity index (χ0v) is 18.4. The van der Waals surface area contributed by atoms with E-state index >= 15 is 0 Å². The van der Waals surface area contributed by atoms with Gasteiger partial charge >= 0.3 is 5.69 Å². The van der Waals surface area contributed by atoms with Crippen molar-refractivity contribution in [2.75, 3.05) is 44.8 Å². The second-order valence-corrected chi connectivity index (χ2v) is 7.57. The number of anilines is 1. The van der Waals surface area contributed by atoms with Crippen molar-refractivity contribution in [2.24, 2.45) is 0 Å². The van der Waals surface area contributed by atoms with Crippen LogP contribution in [0.25, 0.3) is 11.4 Å². The van der Waals surface area contributed by atoms with E-state index in [4.69, 9.17) is 21.1 Å². The van der Waals surface area contributed by atoms with Gasteiger partial charge in [-0.3, -0.25) is 15.0 Å². The third-order valence-electron chi connectivity index (χ3n) is 4.99. The summed E-state index contributed by atoms with van der Waals surface area (Å²) in [7, 11) is 0. The standard InChI is InChI=1S/C21H22ClN7O4/c22-21-26-14-18(29(30)31)20(27-21)23-11-15-2-1-3-16(10-15)19-24-12-17(13-25-19)33-9-6-28-4-7-32-8-5-28/h1-3,10,12-14H,4-9,11H2,(H,23,26,27). The molecule has 0 spiro atoms. The van der Waals surface area contributed by atoms with Crippen LogP contribution in [0.4, 0.5) is 11.5 Å². The lowest BCUT2D eigenvalue weighted by Crippen LogP contribution is -2.38. The van der Waals surface area contributed by atoms with Crippen molar-refractivity contribution < 1.29 is 14.4 Å². The number of hydrogen-bond donors (Lipinski definition) is 1. The zero-order valence-electron chi connectivity index (χ0n) is 17.7. The quantitative estimate of drug-likeness (QED) is 0.282. The van der Waals surface area contributed by atoms with Gasteiger partial charge in [-0.2, -0.15) is 4.98 Å². The number of hydrogen-bond acceptors (Lipinski definition) is 10. The Bertz CT molecular complexity index is 1090. The van der Waals surface area contributed by atoms with E-state index in [-0.39, 0.29) is 16.8 Å². The zero-order chi connectivity index (χ0) is 23.0. The Morgan fingerprint density at radius 1 is 1.18 bits per heavy atom. The van der Waals surface area contributed by atoms with E-state index < -0.39 is 4.92 Å². The molecule has 0 aliphatic carbocycles. The van der Waals surface area contributed by atoms with Gasteiger partial charge in [-0.05, 0) is 23.2 Å². The number of aromatic nitrogens is 4. The van der Waals surface area contributed by atoms with E-state index in [1.54, 1.807) is 12.4 Å². The fourth-order valence-electron chi connectivity index (χ4n) is 3.28. The molecular weight excluding hydrogens is 450 g/mol. The van der Waals surface area contributed by atoms with Gasteiger partial charge in [0.25, 0.3) is 0 Å². The van der Waals surface area contributed by atoms with Crippen molar-refractivity contribution in [3.63, 3.8) is 0 Å². The van der Waals surface area contributed by atoms with Gasteiger partial charge in [0.05, 0.1) is 30.5 Å². The van der Waals surface area contributed by atoms with Crippen molar-refractivity contribution in [1.82, 2.24) is 24.8 Å². The number of nitrogens with zero attached hydrogens (tertiary/aromatic N) is 6. The van der Waals surface area contributed by atoms with Gasteiger partial charge in [-0.1, -0.05) is 18.2 Å². The third-order valence-corrected chi connectivity index (χ3v) is 5.17. The maximum absolute atomic E-state index is 11.2. The molecular formula is C21H22ClN7O4. The van der Waals surface area contributed by atoms with Gasteiger partial charge in [0.2, 0.25) is 11.1 Å². The molecule has 172 valence electrons. The Balaban J connectivity index is 1.35. The van der Waals surface area contributed by atoms with Crippen LogP contribution in [-0.2, 0) is 11.3 Å². The average Bonchev–Trinajstić information content (AvgIpc) is 2.84. The summed E-state index contributed by atoms with van der Waals surface area (Å²) < 4.78 is 11.1. The molecule has 1 N–H and O–H groups in total. The van der Waals surface area contributed by atoms with Crippen LogP contribution in [0, 0.1) is 10.1 Å². The van der Waals surface area contributed by atoms with Crippen LogP contribution in [0.5, 0.6) is 5.75 Å². The van der Waals surface area contributed by atoms with E-state index in [1.807, 2.05) is 24.3 Å². The molecule has 3 heterocycles. The minimum absolute atomic E-state index is 0.0558. The van der Waals surface area contributed by atoms with Crippen LogP contribution in [0.1, 0.15) is 5.56 Å². The van der Waals surface area contributed by atoms with Crippen LogP contribution in [-0.4, -0.2) is 69.2 Å². The summed E-state index contributed by atoms with van der Waals surface area (Å²) in [5.41, 5.74) is 1.43. The molecule has 4 rings (SSSR count). The predicted molar refractivity (Wildman–Crippen MR) is 121 cm³/mol. The lowest BCUT2D eigenvalue weighted by molar-refractivity contribution is -0.384. The molecule has 1 fully saturated rings. The maximum atomic E-state index is 11.2. The van der Waals surface area contributed by atoms with Gasteiger partial charge in [-0.25, -0.2) is 15.0 Å².